The Morgan fingerprint density at radius 1 is 0.897 bits per heavy atom. The molecule has 0 saturated carbocycles. The third-order valence-electron chi connectivity index (χ3n) is 4.81. The van der Waals surface area contributed by atoms with Gasteiger partial charge in [-0.15, -0.1) is 0 Å². The van der Waals surface area contributed by atoms with Gasteiger partial charge in [0.1, 0.15) is 22.6 Å². The molecule has 0 aliphatic carbocycles. The molecule has 0 bridgehead atoms. The van der Waals surface area contributed by atoms with Crippen molar-refractivity contribution in [2.24, 2.45) is 0 Å². The topological polar surface area (TPSA) is 44.1 Å². The van der Waals surface area contributed by atoms with Crippen LogP contribution in [-0.4, -0.2) is 11.2 Å². The number of anilines is 1. The lowest BCUT2D eigenvalue weighted by Crippen LogP contribution is -3.00. The number of aromatic nitrogens is 2. The number of hydrogen-bond donors (Lipinski definition) is 1. The fourth-order valence-electron chi connectivity index (χ4n) is 3.42. The third-order valence-corrected chi connectivity index (χ3v) is 4.81. The summed E-state index contributed by atoms with van der Waals surface area (Å²) in [4.78, 5) is 0. The number of hydrogen-bond acceptors (Lipinski definition) is 2. The lowest BCUT2D eigenvalue weighted by molar-refractivity contribution is -0.648. The largest absolute Gasteiger partial charge is 1.00 e. The molecule has 0 amide bonds. The first kappa shape index (κ1) is 20.7. The van der Waals surface area contributed by atoms with E-state index in [9.17, 15) is 4.39 Å². The molecule has 1 aromatic heterocycles. The molecule has 0 spiro atoms. The Kier molecular flexibility index (Phi) is 6.73. The molecule has 29 heavy (non-hydrogen) atoms. The van der Waals surface area contributed by atoms with Crippen molar-refractivity contribution in [3.63, 3.8) is 0 Å². The second-order valence-corrected chi connectivity index (χ2v) is 6.73. The monoisotopic (exact) mass is 411 g/mol. The summed E-state index contributed by atoms with van der Waals surface area (Å²) >= 11 is 0. The fraction of sp³-hybridized carbons (Fsp3) is 0.174. The zero-order valence-corrected chi connectivity index (χ0v) is 16.7. The number of fused-ring (bicyclic) bond motifs is 1. The van der Waals surface area contributed by atoms with Gasteiger partial charge >= 0.3 is 5.95 Å². The molecule has 0 aliphatic heterocycles. The highest BCUT2D eigenvalue weighted by atomic mass is 35.5. The first-order valence-corrected chi connectivity index (χ1v) is 9.41. The number of ether oxygens (including phenoxy) is 1. The van der Waals surface area contributed by atoms with E-state index in [1.54, 1.807) is 12.1 Å². The number of imidazole rings is 1. The van der Waals surface area contributed by atoms with Crippen LogP contribution in [0.1, 0.15) is 12.0 Å². The van der Waals surface area contributed by atoms with Crippen LogP contribution in [0.25, 0.3) is 11.0 Å². The highest BCUT2D eigenvalue weighted by Crippen LogP contribution is 2.18. The Morgan fingerprint density at radius 3 is 2.34 bits per heavy atom. The smallest absolute Gasteiger partial charge is 0.356 e. The van der Waals surface area contributed by atoms with E-state index in [1.165, 1.54) is 17.7 Å². The maximum Gasteiger partial charge on any atom is 0.356 e. The van der Waals surface area contributed by atoms with Crippen LogP contribution in [0.15, 0.2) is 78.9 Å². The maximum absolute atomic E-state index is 13.0. The Hall–Kier alpha value is -3.05. The van der Waals surface area contributed by atoms with Gasteiger partial charge in [0.25, 0.3) is 0 Å². The first-order chi connectivity index (χ1) is 13.7. The van der Waals surface area contributed by atoms with E-state index in [1.807, 2.05) is 30.3 Å². The van der Waals surface area contributed by atoms with Crippen molar-refractivity contribution in [3.05, 3.63) is 90.2 Å². The Bertz CT molecular complexity index is 1060. The molecule has 2 N–H and O–H groups in total. The van der Waals surface area contributed by atoms with Crippen molar-refractivity contribution in [2.75, 3.05) is 12.3 Å². The quantitative estimate of drug-likeness (QED) is 0.366. The summed E-state index contributed by atoms with van der Waals surface area (Å²) in [6.45, 7) is 2.01. The third kappa shape index (κ3) is 4.69. The number of benzene rings is 3. The molecule has 3 aromatic carbocycles. The molecular weight excluding hydrogens is 389 g/mol. The van der Waals surface area contributed by atoms with Crippen molar-refractivity contribution in [1.29, 1.82) is 0 Å². The molecule has 0 saturated heterocycles. The minimum Gasteiger partial charge on any atom is -1.00 e. The van der Waals surface area contributed by atoms with E-state index in [0.717, 1.165) is 36.5 Å². The number of nitrogens with two attached hydrogens (primary N) is 1. The Morgan fingerprint density at radius 2 is 1.59 bits per heavy atom. The van der Waals surface area contributed by atoms with Gasteiger partial charge < -0.3 is 17.1 Å². The number of nitrogen functional groups attached to an aromatic ring is 1. The van der Waals surface area contributed by atoms with Crippen molar-refractivity contribution >= 4 is 17.0 Å². The summed E-state index contributed by atoms with van der Waals surface area (Å²) in [5.74, 6) is 1.14. The standard InChI is InChI=1S/C23H22FN3O.ClH/c24-19-11-13-20(14-12-19)28-16-6-15-26-21-9-4-5-10-22(21)27(23(26)25)17-18-7-2-1-3-8-18;/h1-5,7-14,25H,6,15-17H2;1H. The number of para-hydroxylation sites is 2. The second-order valence-electron chi connectivity index (χ2n) is 6.73. The highest BCUT2D eigenvalue weighted by Gasteiger charge is 2.20. The molecule has 0 fully saturated rings. The van der Waals surface area contributed by atoms with Gasteiger partial charge in [-0.25, -0.2) is 13.5 Å². The van der Waals surface area contributed by atoms with E-state index in [0.29, 0.717) is 12.4 Å². The number of nitrogens with zero attached hydrogens (tertiary/aromatic N) is 2. The van der Waals surface area contributed by atoms with E-state index in [-0.39, 0.29) is 18.2 Å². The number of halogens is 2. The molecule has 6 heteroatoms. The average molecular weight is 412 g/mol. The van der Waals surface area contributed by atoms with Crippen LogP contribution in [0, 0.1) is 5.82 Å². The van der Waals surface area contributed by atoms with E-state index in [2.05, 4.69) is 33.4 Å². The first-order valence-electron chi connectivity index (χ1n) is 9.41. The summed E-state index contributed by atoms with van der Waals surface area (Å²) in [6, 6.07) is 24.6. The summed E-state index contributed by atoms with van der Waals surface area (Å²) in [5.41, 5.74) is 9.95. The van der Waals surface area contributed by atoms with Crippen molar-refractivity contribution in [2.45, 2.75) is 19.5 Å². The lowest BCUT2D eigenvalue weighted by Gasteiger charge is -2.06. The van der Waals surface area contributed by atoms with E-state index < -0.39 is 0 Å². The summed E-state index contributed by atoms with van der Waals surface area (Å²) in [7, 11) is 0. The number of aryl methyl sites for hydroxylation is 1. The van der Waals surface area contributed by atoms with Gasteiger partial charge in [0, 0.05) is 6.42 Å². The van der Waals surface area contributed by atoms with Crippen molar-refractivity contribution in [1.82, 2.24) is 4.57 Å². The van der Waals surface area contributed by atoms with Gasteiger partial charge in [0.05, 0.1) is 19.7 Å². The Labute approximate surface area is 175 Å². The van der Waals surface area contributed by atoms with Gasteiger partial charge in [0.15, 0.2) is 0 Å². The SMILES string of the molecule is Nc1n(CCCOc2ccc(F)cc2)c2ccccc2[n+]1Cc1ccccc1.[Cl-]. The molecule has 4 nitrogen and oxygen atoms in total. The fourth-order valence-corrected chi connectivity index (χ4v) is 3.42. The van der Waals surface area contributed by atoms with Gasteiger partial charge in [-0.2, -0.15) is 0 Å². The van der Waals surface area contributed by atoms with Crippen LogP contribution in [0.5, 0.6) is 5.75 Å². The normalized spacial score (nSPS) is 10.7. The zero-order valence-electron chi connectivity index (χ0n) is 16.0. The van der Waals surface area contributed by atoms with Crippen LogP contribution in [0.3, 0.4) is 0 Å². The summed E-state index contributed by atoms with van der Waals surface area (Å²) in [6.07, 6.45) is 0.797. The van der Waals surface area contributed by atoms with Crippen molar-refractivity contribution < 1.29 is 26.1 Å². The van der Waals surface area contributed by atoms with Crippen LogP contribution in [-0.2, 0) is 13.1 Å². The molecule has 150 valence electrons. The predicted molar refractivity (Wildman–Crippen MR) is 109 cm³/mol. The van der Waals surface area contributed by atoms with E-state index in [4.69, 9.17) is 10.5 Å². The zero-order chi connectivity index (χ0) is 19.3. The highest BCUT2D eigenvalue weighted by molar-refractivity contribution is 5.73. The average Bonchev–Trinajstić information content (AvgIpc) is 2.99. The minimum absolute atomic E-state index is 0. The van der Waals surface area contributed by atoms with Crippen LogP contribution >= 0.6 is 0 Å². The molecular formula is C23H23ClFN3O. The maximum atomic E-state index is 13.0. The summed E-state index contributed by atoms with van der Waals surface area (Å²) in [5, 5.41) is 0. The molecule has 0 unspecified atom stereocenters. The van der Waals surface area contributed by atoms with Gasteiger partial charge in [-0.1, -0.05) is 42.5 Å². The lowest BCUT2D eigenvalue weighted by atomic mass is 10.2. The molecule has 4 aromatic rings. The Balaban J connectivity index is 0.00000240. The summed E-state index contributed by atoms with van der Waals surface area (Å²) < 4.78 is 23.0. The molecule has 4 rings (SSSR count). The van der Waals surface area contributed by atoms with Gasteiger partial charge in [-0.3, -0.25) is 5.73 Å². The molecule has 1 heterocycles. The van der Waals surface area contributed by atoms with Crippen LogP contribution in [0.2, 0.25) is 0 Å². The van der Waals surface area contributed by atoms with Crippen LogP contribution in [0.4, 0.5) is 10.3 Å². The molecule has 0 atom stereocenters. The van der Waals surface area contributed by atoms with Crippen molar-refractivity contribution in [3.8, 4) is 5.75 Å². The molecule has 0 aliphatic rings. The van der Waals surface area contributed by atoms with Crippen LogP contribution < -0.4 is 27.4 Å². The molecule has 0 radical (unpaired) electrons. The minimum atomic E-state index is -0.262. The number of rotatable bonds is 7. The second kappa shape index (κ2) is 9.43. The predicted octanol–water partition coefficient (Wildman–Crippen LogP) is 1.17. The van der Waals surface area contributed by atoms with E-state index >= 15 is 0 Å². The van der Waals surface area contributed by atoms with Gasteiger partial charge in [0.2, 0.25) is 0 Å². The van der Waals surface area contributed by atoms with Gasteiger partial charge in [-0.05, 0) is 42.0 Å².